The third-order valence-corrected chi connectivity index (χ3v) is 8.80. The molecule has 0 N–H and O–H groups in total. The number of hydrogen-bond acceptors (Lipinski definition) is 0. The van der Waals surface area contributed by atoms with Gasteiger partial charge in [0.2, 0.25) is 0 Å². The van der Waals surface area contributed by atoms with E-state index in [4.69, 9.17) is 21.9 Å². The number of para-hydroxylation sites is 2. The maximum absolute atomic E-state index is 9.97. The van der Waals surface area contributed by atoms with E-state index in [1.807, 2.05) is 0 Å². The Labute approximate surface area is 339 Å². The molecule has 2 heterocycles. The van der Waals surface area contributed by atoms with Gasteiger partial charge < -0.3 is 9.13 Å². The minimum Gasteiger partial charge on any atom is -0.309 e. The molecule has 0 aliphatic carbocycles. The van der Waals surface area contributed by atoms with Crippen LogP contribution in [0.15, 0.2) is 193 Å². The second-order valence-electron chi connectivity index (χ2n) is 11.6. The maximum atomic E-state index is 9.97. The fourth-order valence-corrected chi connectivity index (χ4v) is 6.62. The molecule has 242 valence electrons. The number of hydrogen-bond donors (Lipinski definition) is 0. The molecule has 2 aromatic heterocycles. The molecular formula is C50H32N2. The van der Waals surface area contributed by atoms with E-state index in [1.165, 1.54) is 12.1 Å². The van der Waals surface area contributed by atoms with Crippen molar-refractivity contribution >= 4 is 65.2 Å². The molecule has 0 spiro atoms. The quantitative estimate of drug-likeness (QED) is 0.174. The Morgan fingerprint density at radius 3 is 1.67 bits per heavy atom. The zero-order valence-corrected chi connectivity index (χ0v) is 26.3. The second kappa shape index (κ2) is 11.3. The summed E-state index contributed by atoms with van der Waals surface area (Å²) < 4.78 is 249. The van der Waals surface area contributed by atoms with Crippen LogP contribution in [0.5, 0.6) is 0 Å². The van der Waals surface area contributed by atoms with E-state index in [0.717, 1.165) is 9.13 Å². The molecule has 0 aliphatic heterocycles. The van der Waals surface area contributed by atoms with Crippen LogP contribution in [-0.4, -0.2) is 9.13 Å². The normalized spacial score (nSPS) is 19.1. The van der Waals surface area contributed by atoms with Gasteiger partial charge in [-0.2, -0.15) is 0 Å². The van der Waals surface area contributed by atoms with Gasteiger partial charge >= 0.3 is 0 Å². The van der Waals surface area contributed by atoms with Crippen LogP contribution in [0, 0.1) is 0 Å². The van der Waals surface area contributed by atoms with Gasteiger partial charge in [0, 0.05) is 32.9 Å². The molecule has 0 radical (unpaired) electrons. The molecule has 2 nitrogen and oxygen atoms in total. The molecule has 0 bridgehead atoms. The molecule has 2 heteroatoms. The lowest BCUT2D eigenvalue weighted by Crippen LogP contribution is -1.96. The van der Waals surface area contributed by atoms with Crippen molar-refractivity contribution in [2.75, 3.05) is 0 Å². The first-order chi connectivity index (χ1) is 37.1. The monoisotopic (exact) mass is 687 g/mol. The van der Waals surface area contributed by atoms with E-state index < -0.39 is 245 Å². The van der Waals surface area contributed by atoms with Crippen molar-refractivity contribution in [2.45, 2.75) is 0 Å². The van der Waals surface area contributed by atoms with Crippen LogP contribution in [0.25, 0.3) is 98.8 Å². The van der Waals surface area contributed by atoms with E-state index >= 15 is 0 Å². The Morgan fingerprint density at radius 2 is 0.942 bits per heavy atom. The highest BCUT2D eigenvalue weighted by Crippen LogP contribution is 2.43. The standard InChI is InChI=1S/C50H32N2/c1-2-14-34(15-3-1)44-32-40(31-38-17-6-7-20-41(38)44)52-46-24-11-9-22-43(46)50-48(52)28-27-47-49(50)42-21-8-10-23-45(42)51(47)39-19-12-18-36(30-39)37-26-25-33-13-4-5-16-35(33)29-37/h1-32H/i4D,5D,6D,7D,8D,9D,10D,11D,12D,13D,16D,17D,18D,19D,20D,21D,22D,23D,24D,25D,26D,27D,28D,29D,30D,31D,32D. The molecule has 0 aliphatic rings. The van der Waals surface area contributed by atoms with E-state index in [9.17, 15) is 15.1 Å². The van der Waals surface area contributed by atoms with Crippen LogP contribution in [0.3, 0.4) is 0 Å². The third kappa shape index (κ3) is 4.31. The number of fused-ring (bicyclic) bond motifs is 9. The minimum absolute atomic E-state index is 0.171. The van der Waals surface area contributed by atoms with Crippen molar-refractivity contribution in [3.63, 3.8) is 0 Å². The Kier molecular flexibility index (Phi) is 2.83. The number of aromatic nitrogens is 2. The van der Waals surface area contributed by atoms with E-state index in [-0.39, 0.29) is 16.5 Å². The Hall–Kier alpha value is -6.90. The zero-order chi connectivity index (χ0) is 57.7. The van der Waals surface area contributed by atoms with Gasteiger partial charge in [0.05, 0.1) is 59.1 Å². The lowest BCUT2D eigenvalue weighted by Gasteiger charge is -2.14. The van der Waals surface area contributed by atoms with Crippen molar-refractivity contribution in [1.29, 1.82) is 0 Å². The molecule has 0 fully saturated rings. The van der Waals surface area contributed by atoms with Crippen molar-refractivity contribution < 1.29 is 37.0 Å². The predicted octanol–water partition coefficient (Wildman–Crippen LogP) is 13.5. The van der Waals surface area contributed by atoms with Gasteiger partial charge in [-0.25, -0.2) is 0 Å². The highest BCUT2D eigenvalue weighted by atomic mass is 15.0. The minimum atomic E-state index is -1.05. The van der Waals surface area contributed by atoms with Crippen molar-refractivity contribution in [2.24, 2.45) is 0 Å². The van der Waals surface area contributed by atoms with Crippen LogP contribution in [0.2, 0.25) is 0 Å². The number of nitrogens with zero attached hydrogens (tertiary/aromatic N) is 2. The first-order valence-corrected chi connectivity index (χ1v) is 15.8. The molecule has 0 atom stereocenters. The zero-order valence-electron chi connectivity index (χ0n) is 53.3. The SMILES string of the molecule is [2H]c1c([2H])c(-c2c([2H])c([2H])c3c([2H])c([2H])c([2H])c([2H])c3c2[2H])c([2H])c(-n2c3c([2H])c([2H])c([2H])c([2H])c3c3c4c5c([2H])c([2H])c([2H])c([2H])c5n(-c5c([2H])c(-c6ccccc6)c6c([2H])c([2H])c([2H])c([2H])c6c5[2H])c4c([2H])c([2H])c32)c1[2H]. The second-order valence-corrected chi connectivity index (χ2v) is 11.6. The van der Waals surface area contributed by atoms with Crippen LogP contribution in [-0.2, 0) is 0 Å². The Balaban J connectivity index is 1.43. The lowest BCUT2D eigenvalue weighted by molar-refractivity contribution is 1.17. The van der Waals surface area contributed by atoms with Crippen LogP contribution in [0.4, 0.5) is 0 Å². The Bertz CT molecular complexity index is 4730. The largest absolute Gasteiger partial charge is 0.309 e. The first kappa shape index (κ1) is 13.0. The summed E-state index contributed by atoms with van der Waals surface area (Å²) in [6.45, 7) is 0. The van der Waals surface area contributed by atoms with E-state index in [1.54, 1.807) is 18.2 Å². The molecule has 0 amide bonds. The number of benzene rings is 9. The summed E-state index contributed by atoms with van der Waals surface area (Å²) in [4.78, 5) is 0. The molecule has 52 heavy (non-hydrogen) atoms. The summed E-state index contributed by atoms with van der Waals surface area (Å²) in [5, 5.41) is -3.88. The van der Waals surface area contributed by atoms with Gasteiger partial charge in [-0.3, -0.25) is 0 Å². The Morgan fingerprint density at radius 1 is 0.346 bits per heavy atom. The van der Waals surface area contributed by atoms with Gasteiger partial charge in [0.1, 0.15) is 0 Å². The molecule has 0 saturated carbocycles. The molecule has 11 aromatic rings. The van der Waals surface area contributed by atoms with Crippen molar-refractivity contribution in [3.05, 3.63) is 193 Å². The fraction of sp³-hybridized carbons (Fsp3) is 0. The van der Waals surface area contributed by atoms with Gasteiger partial charge in [-0.05, 0) is 98.2 Å². The van der Waals surface area contributed by atoms with Crippen molar-refractivity contribution in [1.82, 2.24) is 9.13 Å². The van der Waals surface area contributed by atoms with E-state index in [2.05, 4.69) is 0 Å². The molecular weight excluding hydrogens is 629 g/mol. The topological polar surface area (TPSA) is 9.86 Å². The third-order valence-electron chi connectivity index (χ3n) is 8.80. The van der Waals surface area contributed by atoms with E-state index in [0.29, 0.717) is 0 Å². The van der Waals surface area contributed by atoms with Gasteiger partial charge in [0.15, 0.2) is 0 Å². The molecule has 0 saturated heterocycles. The predicted molar refractivity (Wildman–Crippen MR) is 221 cm³/mol. The van der Waals surface area contributed by atoms with Crippen LogP contribution < -0.4 is 0 Å². The first-order valence-electron chi connectivity index (χ1n) is 29.3. The average molecular weight is 688 g/mol. The number of rotatable bonds is 4. The van der Waals surface area contributed by atoms with Crippen LogP contribution >= 0.6 is 0 Å². The average Bonchev–Trinajstić information content (AvgIpc) is 3.89. The summed E-state index contributed by atoms with van der Waals surface area (Å²) in [5.74, 6) is 0. The fourth-order valence-electron chi connectivity index (χ4n) is 6.62. The summed E-state index contributed by atoms with van der Waals surface area (Å²) in [6, 6.07) is -15.5. The van der Waals surface area contributed by atoms with Crippen molar-refractivity contribution in [3.8, 4) is 33.6 Å². The molecule has 0 unspecified atom stereocenters. The smallest absolute Gasteiger partial charge is 0.0652 e. The summed E-state index contributed by atoms with van der Waals surface area (Å²) >= 11 is 0. The van der Waals surface area contributed by atoms with Crippen LogP contribution in [0.1, 0.15) is 37.0 Å². The van der Waals surface area contributed by atoms with Gasteiger partial charge in [-0.1, -0.05) is 139 Å². The molecule has 9 aromatic carbocycles. The summed E-state index contributed by atoms with van der Waals surface area (Å²) in [7, 11) is 0. The summed E-state index contributed by atoms with van der Waals surface area (Å²) in [5.41, 5.74) is -5.51. The van der Waals surface area contributed by atoms with Gasteiger partial charge in [-0.15, -0.1) is 0 Å². The van der Waals surface area contributed by atoms with Gasteiger partial charge in [0.25, 0.3) is 0 Å². The summed E-state index contributed by atoms with van der Waals surface area (Å²) in [6.07, 6.45) is 0. The molecule has 11 rings (SSSR count). The highest BCUT2D eigenvalue weighted by Gasteiger charge is 2.21. The highest BCUT2D eigenvalue weighted by molar-refractivity contribution is 6.29. The maximum Gasteiger partial charge on any atom is 0.0652 e. The lowest BCUT2D eigenvalue weighted by atomic mass is 9.97.